The minimum Gasteiger partial charge on any atom is -0.274 e. The Hall–Kier alpha value is -1.23. The normalized spacial score (nSPS) is 19.2. The number of nitrogens with zero attached hydrogens (tertiary/aromatic N) is 1. The highest BCUT2D eigenvalue weighted by Crippen LogP contribution is 2.34. The van der Waals surface area contributed by atoms with Crippen LogP contribution in [0.25, 0.3) is 0 Å². The van der Waals surface area contributed by atoms with E-state index in [4.69, 9.17) is 0 Å². The highest BCUT2D eigenvalue weighted by molar-refractivity contribution is 9.10. The van der Waals surface area contributed by atoms with E-state index in [1.54, 1.807) is 0 Å². The number of hydrogen-bond donors (Lipinski definition) is 0. The van der Waals surface area contributed by atoms with Crippen LogP contribution in [-0.4, -0.2) is 11.8 Å². The van der Waals surface area contributed by atoms with Gasteiger partial charge in [0.2, 0.25) is 11.8 Å². The molecule has 1 aromatic carbocycles. The number of hydrogen-bond acceptors (Lipinski definition) is 2. The van der Waals surface area contributed by atoms with Crippen LogP contribution in [0, 0.1) is 11.2 Å². The minimum atomic E-state index is -0.420. The molecule has 1 heterocycles. The molecule has 0 bridgehead atoms. The molecule has 0 aromatic heterocycles. The first-order chi connectivity index (χ1) is 8.30. The molecule has 1 aromatic rings. The summed E-state index contributed by atoms with van der Waals surface area (Å²) in [4.78, 5) is 25.2. The molecule has 2 rings (SSSR count). The molecule has 1 fully saturated rings. The molecule has 3 nitrogen and oxygen atoms in total. The highest BCUT2D eigenvalue weighted by atomic mass is 79.9. The number of halogens is 2. The third-order valence-corrected chi connectivity index (χ3v) is 3.53. The zero-order valence-electron chi connectivity index (χ0n) is 10.2. The molecule has 0 saturated carbocycles. The summed E-state index contributed by atoms with van der Waals surface area (Å²) >= 11 is 3.05. The molecule has 2 amide bonds. The van der Waals surface area contributed by atoms with Gasteiger partial charge in [-0.05, 0) is 39.5 Å². The van der Waals surface area contributed by atoms with Gasteiger partial charge in [-0.25, -0.2) is 4.39 Å². The molecule has 1 aliphatic rings. The summed E-state index contributed by atoms with van der Waals surface area (Å²) in [5.74, 6) is -0.902. The number of carbonyl (C=O) groups excluding carboxylic acids is 2. The van der Waals surface area contributed by atoms with Crippen LogP contribution in [0.15, 0.2) is 22.7 Å². The Morgan fingerprint density at radius 3 is 2.28 bits per heavy atom. The van der Waals surface area contributed by atoms with E-state index >= 15 is 0 Å². The van der Waals surface area contributed by atoms with E-state index in [-0.39, 0.29) is 21.7 Å². The highest BCUT2D eigenvalue weighted by Gasteiger charge is 2.38. The predicted molar refractivity (Wildman–Crippen MR) is 69.6 cm³/mol. The summed E-state index contributed by atoms with van der Waals surface area (Å²) in [6.45, 7) is 3.78. The maximum atomic E-state index is 13.1. The summed E-state index contributed by atoms with van der Waals surface area (Å²) in [6, 6.07) is 4.12. The van der Waals surface area contributed by atoms with Crippen molar-refractivity contribution >= 4 is 33.4 Å². The second-order valence-corrected chi connectivity index (χ2v) is 6.09. The number of amides is 2. The Kier molecular flexibility index (Phi) is 3.27. The van der Waals surface area contributed by atoms with Gasteiger partial charge in [0.05, 0.1) is 10.2 Å². The lowest BCUT2D eigenvalue weighted by atomic mass is 9.81. The Balaban J connectivity index is 2.36. The van der Waals surface area contributed by atoms with E-state index in [2.05, 4.69) is 15.9 Å². The van der Waals surface area contributed by atoms with Crippen LogP contribution < -0.4 is 4.90 Å². The number of benzene rings is 1. The fourth-order valence-corrected chi connectivity index (χ4v) is 2.46. The van der Waals surface area contributed by atoms with Gasteiger partial charge < -0.3 is 0 Å². The third-order valence-electron chi connectivity index (χ3n) is 2.92. The number of anilines is 1. The van der Waals surface area contributed by atoms with Crippen molar-refractivity contribution in [1.82, 2.24) is 0 Å². The van der Waals surface area contributed by atoms with Gasteiger partial charge >= 0.3 is 0 Å². The second kappa shape index (κ2) is 4.46. The molecular formula is C13H13BrFNO2. The summed E-state index contributed by atoms with van der Waals surface area (Å²) in [6.07, 6.45) is 0.626. The smallest absolute Gasteiger partial charge is 0.234 e. The Morgan fingerprint density at radius 2 is 1.78 bits per heavy atom. The number of piperidine rings is 1. The quantitative estimate of drug-likeness (QED) is 0.746. The van der Waals surface area contributed by atoms with Crippen LogP contribution in [0.2, 0.25) is 0 Å². The molecule has 0 unspecified atom stereocenters. The lowest BCUT2D eigenvalue weighted by Crippen LogP contribution is -2.46. The summed E-state index contributed by atoms with van der Waals surface area (Å²) in [7, 11) is 0. The maximum absolute atomic E-state index is 13.1. The fraction of sp³-hybridized carbons (Fsp3) is 0.385. The predicted octanol–water partition coefficient (Wildman–Crippen LogP) is 3.27. The molecule has 0 radical (unpaired) electrons. The van der Waals surface area contributed by atoms with Gasteiger partial charge in [-0.3, -0.25) is 14.5 Å². The summed E-state index contributed by atoms with van der Waals surface area (Å²) < 4.78 is 13.4. The van der Waals surface area contributed by atoms with E-state index in [0.29, 0.717) is 18.5 Å². The SMILES string of the molecule is CC1(C)CC(=O)N(c2ccc(F)c(Br)c2)C(=O)C1. The first kappa shape index (κ1) is 13.2. The van der Waals surface area contributed by atoms with Crippen molar-refractivity contribution in [3.05, 3.63) is 28.5 Å². The molecular weight excluding hydrogens is 301 g/mol. The van der Waals surface area contributed by atoms with E-state index in [1.807, 2.05) is 13.8 Å². The van der Waals surface area contributed by atoms with Gasteiger partial charge in [-0.15, -0.1) is 0 Å². The van der Waals surface area contributed by atoms with Gasteiger partial charge in [-0.2, -0.15) is 0 Å². The van der Waals surface area contributed by atoms with Crippen molar-refractivity contribution in [2.75, 3.05) is 4.90 Å². The molecule has 1 aliphatic heterocycles. The van der Waals surface area contributed by atoms with Gasteiger partial charge in [0.15, 0.2) is 0 Å². The molecule has 5 heteroatoms. The van der Waals surface area contributed by atoms with Crippen LogP contribution >= 0.6 is 15.9 Å². The zero-order chi connectivity index (χ0) is 13.5. The van der Waals surface area contributed by atoms with Crippen molar-refractivity contribution in [2.24, 2.45) is 5.41 Å². The molecule has 96 valence electrons. The number of imide groups is 1. The van der Waals surface area contributed by atoms with Crippen LogP contribution in [0.5, 0.6) is 0 Å². The summed E-state index contributed by atoms with van der Waals surface area (Å²) in [5, 5.41) is 0. The lowest BCUT2D eigenvalue weighted by molar-refractivity contribution is -0.132. The van der Waals surface area contributed by atoms with Crippen LogP contribution in [0.1, 0.15) is 26.7 Å². The Labute approximate surface area is 113 Å². The molecule has 18 heavy (non-hydrogen) atoms. The maximum Gasteiger partial charge on any atom is 0.234 e. The topological polar surface area (TPSA) is 37.4 Å². The monoisotopic (exact) mass is 313 g/mol. The fourth-order valence-electron chi connectivity index (χ4n) is 2.09. The average Bonchev–Trinajstić information content (AvgIpc) is 2.20. The van der Waals surface area contributed by atoms with Crippen molar-refractivity contribution < 1.29 is 14.0 Å². The number of rotatable bonds is 1. The van der Waals surface area contributed by atoms with Gasteiger partial charge in [0, 0.05) is 12.8 Å². The van der Waals surface area contributed by atoms with E-state index in [0.717, 1.165) is 4.90 Å². The number of carbonyl (C=O) groups is 2. The standard InChI is InChI=1S/C13H13BrFNO2/c1-13(2)6-11(17)16(12(18)7-13)8-3-4-10(15)9(14)5-8/h3-5H,6-7H2,1-2H3. The van der Waals surface area contributed by atoms with Crippen LogP contribution in [0.3, 0.4) is 0 Å². The van der Waals surface area contributed by atoms with E-state index in [1.165, 1.54) is 18.2 Å². The van der Waals surface area contributed by atoms with Crippen LogP contribution in [0.4, 0.5) is 10.1 Å². The van der Waals surface area contributed by atoms with Crippen LogP contribution in [-0.2, 0) is 9.59 Å². The lowest BCUT2D eigenvalue weighted by Gasteiger charge is -2.34. The van der Waals surface area contributed by atoms with Crippen molar-refractivity contribution in [1.29, 1.82) is 0 Å². The van der Waals surface area contributed by atoms with Crippen molar-refractivity contribution in [3.8, 4) is 0 Å². The Bertz CT molecular complexity index is 508. The first-order valence-electron chi connectivity index (χ1n) is 5.61. The van der Waals surface area contributed by atoms with Gasteiger partial charge in [0.25, 0.3) is 0 Å². The molecule has 0 atom stereocenters. The zero-order valence-corrected chi connectivity index (χ0v) is 11.8. The first-order valence-corrected chi connectivity index (χ1v) is 6.40. The average molecular weight is 314 g/mol. The second-order valence-electron chi connectivity index (χ2n) is 5.24. The minimum absolute atomic E-state index is 0.241. The summed E-state index contributed by atoms with van der Waals surface area (Å²) in [5.41, 5.74) is 0.107. The van der Waals surface area contributed by atoms with Crippen molar-refractivity contribution in [3.63, 3.8) is 0 Å². The molecule has 1 saturated heterocycles. The van der Waals surface area contributed by atoms with E-state index < -0.39 is 5.82 Å². The molecule has 0 aliphatic carbocycles. The Morgan fingerprint density at radius 1 is 1.22 bits per heavy atom. The molecule has 0 spiro atoms. The van der Waals surface area contributed by atoms with E-state index in [9.17, 15) is 14.0 Å². The van der Waals surface area contributed by atoms with Gasteiger partial charge in [-0.1, -0.05) is 13.8 Å². The molecule has 0 N–H and O–H groups in total. The largest absolute Gasteiger partial charge is 0.274 e. The van der Waals surface area contributed by atoms with Crippen molar-refractivity contribution in [2.45, 2.75) is 26.7 Å². The third kappa shape index (κ3) is 2.46. The van der Waals surface area contributed by atoms with Gasteiger partial charge in [0.1, 0.15) is 5.82 Å².